The Morgan fingerprint density at radius 1 is 1.29 bits per heavy atom. The molecule has 1 atom stereocenters. The SMILES string of the molecule is C=CCN(CC=C)S(=O)(=O)C(C)CNCCC. The molecule has 100 valence electrons. The van der Waals surface area contributed by atoms with E-state index in [9.17, 15) is 8.42 Å². The lowest BCUT2D eigenvalue weighted by molar-refractivity contribution is 0.460. The summed E-state index contributed by atoms with van der Waals surface area (Å²) in [6.07, 6.45) is 4.18. The van der Waals surface area contributed by atoms with Crippen molar-refractivity contribution in [3.63, 3.8) is 0 Å². The topological polar surface area (TPSA) is 49.4 Å². The summed E-state index contributed by atoms with van der Waals surface area (Å²) in [5.41, 5.74) is 0. The maximum atomic E-state index is 12.2. The van der Waals surface area contributed by atoms with Crippen molar-refractivity contribution in [3.05, 3.63) is 25.3 Å². The van der Waals surface area contributed by atoms with Crippen LogP contribution in [0, 0.1) is 0 Å². The quantitative estimate of drug-likeness (QED) is 0.477. The van der Waals surface area contributed by atoms with Crippen LogP contribution in [0.15, 0.2) is 25.3 Å². The number of nitrogens with one attached hydrogen (secondary N) is 1. The minimum absolute atomic E-state index is 0.326. The van der Waals surface area contributed by atoms with E-state index >= 15 is 0 Å². The van der Waals surface area contributed by atoms with Crippen molar-refractivity contribution in [1.29, 1.82) is 0 Å². The molecule has 5 heteroatoms. The van der Waals surface area contributed by atoms with Gasteiger partial charge in [0.15, 0.2) is 0 Å². The standard InChI is InChI=1S/C12H24N2O2S/c1-5-8-13-11-12(4)17(15,16)14(9-6-2)10-7-3/h6-7,12-13H,2-3,5,8-11H2,1,4H3. The summed E-state index contributed by atoms with van der Waals surface area (Å²) in [5.74, 6) is 0. The number of sulfonamides is 1. The lowest BCUT2D eigenvalue weighted by atomic mass is 10.4. The number of hydrogen-bond acceptors (Lipinski definition) is 3. The van der Waals surface area contributed by atoms with Gasteiger partial charge < -0.3 is 5.32 Å². The van der Waals surface area contributed by atoms with Crippen LogP contribution in [0.4, 0.5) is 0 Å². The van der Waals surface area contributed by atoms with E-state index in [0.29, 0.717) is 19.6 Å². The average Bonchev–Trinajstić information content (AvgIpc) is 2.29. The third-order valence-corrected chi connectivity index (χ3v) is 4.59. The molecule has 0 spiro atoms. The Morgan fingerprint density at radius 2 is 1.82 bits per heavy atom. The van der Waals surface area contributed by atoms with Crippen LogP contribution < -0.4 is 5.32 Å². The Kier molecular flexibility index (Phi) is 8.12. The predicted octanol–water partition coefficient (Wildman–Crippen LogP) is 1.38. The molecule has 0 aliphatic carbocycles. The Bertz CT molecular complexity index is 315. The van der Waals surface area contributed by atoms with E-state index < -0.39 is 15.3 Å². The van der Waals surface area contributed by atoms with E-state index in [-0.39, 0.29) is 0 Å². The maximum Gasteiger partial charge on any atom is 0.218 e. The fourth-order valence-corrected chi connectivity index (χ4v) is 2.88. The molecular weight excluding hydrogens is 236 g/mol. The van der Waals surface area contributed by atoms with E-state index in [4.69, 9.17) is 0 Å². The first-order chi connectivity index (χ1) is 8.00. The number of rotatable bonds is 10. The number of nitrogens with zero attached hydrogens (tertiary/aromatic N) is 1. The molecule has 4 nitrogen and oxygen atoms in total. The van der Waals surface area contributed by atoms with Crippen LogP contribution in [0.1, 0.15) is 20.3 Å². The fourth-order valence-electron chi connectivity index (χ4n) is 1.41. The molecule has 0 bridgehead atoms. The molecule has 0 aromatic carbocycles. The highest BCUT2D eigenvalue weighted by Crippen LogP contribution is 2.08. The highest BCUT2D eigenvalue weighted by atomic mass is 32.2. The average molecular weight is 260 g/mol. The summed E-state index contributed by atoms with van der Waals surface area (Å²) in [7, 11) is -3.28. The second-order valence-corrected chi connectivity index (χ2v) is 6.31. The van der Waals surface area contributed by atoms with E-state index in [1.807, 2.05) is 6.92 Å². The molecule has 0 aromatic heterocycles. The third kappa shape index (κ3) is 5.48. The van der Waals surface area contributed by atoms with E-state index in [0.717, 1.165) is 13.0 Å². The molecular formula is C12H24N2O2S. The summed E-state index contributed by atoms with van der Waals surface area (Å²) >= 11 is 0. The Labute approximate surface area is 105 Å². The van der Waals surface area contributed by atoms with Gasteiger partial charge in [-0.05, 0) is 19.9 Å². The molecule has 0 fully saturated rings. The minimum Gasteiger partial charge on any atom is -0.315 e. The van der Waals surface area contributed by atoms with Crippen molar-refractivity contribution in [3.8, 4) is 0 Å². The first-order valence-corrected chi connectivity index (χ1v) is 7.42. The van der Waals surface area contributed by atoms with Crippen molar-refractivity contribution in [1.82, 2.24) is 9.62 Å². The van der Waals surface area contributed by atoms with Gasteiger partial charge in [-0.3, -0.25) is 0 Å². The summed E-state index contributed by atoms with van der Waals surface area (Å²) in [6.45, 7) is 12.9. The summed E-state index contributed by atoms with van der Waals surface area (Å²) < 4.78 is 25.8. The third-order valence-electron chi connectivity index (χ3n) is 2.39. The molecule has 0 aliphatic rings. The second-order valence-electron chi connectivity index (χ2n) is 3.95. The van der Waals surface area contributed by atoms with Gasteiger partial charge in [0.2, 0.25) is 10.0 Å². The van der Waals surface area contributed by atoms with Crippen LogP contribution >= 0.6 is 0 Å². The van der Waals surface area contributed by atoms with Crippen molar-refractivity contribution >= 4 is 10.0 Å². The molecule has 17 heavy (non-hydrogen) atoms. The van der Waals surface area contributed by atoms with Gasteiger partial charge >= 0.3 is 0 Å². The van der Waals surface area contributed by atoms with E-state index in [1.165, 1.54) is 4.31 Å². The first-order valence-electron chi connectivity index (χ1n) is 5.92. The Balaban J connectivity index is 4.57. The van der Waals surface area contributed by atoms with Crippen LogP contribution in [0.25, 0.3) is 0 Å². The lowest BCUT2D eigenvalue weighted by Crippen LogP contribution is -2.42. The molecule has 0 saturated carbocycles. The molecule has 0 saturated heterocycles. The molecule has 0 radical (unpaired) electrons. The van der Waals surface area contributed by atoms with Gasteiger partial charge in [-0.2, -0.15) is 4.31 Å². The number of hydrogen-bond donors (Lipinski definition) is 1. The Morgan fingerprint density at radius 3 is 2.24 bits per heavy atom. The van der Waals surface area contributed by atoms with Gasteiger partial charge in [0.25, 0.3) is 0 Å². The van der Waals surface area contributed by atoms with Crippen LogP contribution in [0.2, 0.25) is 0 Å². The van der Waals surface area contributed by atoms with Crippen LogP contribution in [0.5, 0.6) is 0 Å². The van der Waals surface area contributed by atoms with Gasteiger partial charge in [0, 0.05) is 19.6 Å². The summed E-state index contributed by atoms with van der Waals surface area (Å²) in [4.78, 5) is 0. The monoisotopic (exact) mass is 260 g/mol. The highest BCUT2D eigenvalue weighted by Gasteiger charge is 2.26. The zero-order chi connectivity index (χ0) is 13.3. The van der Waals surface area contributed by atoms with Gasteiger partial charge in [0.05, 0.1) is 5.25 Å². The van der Waals surface area contributed by atoms with Crippen molar-refractivity contribution in [2.75, 3.05) is 26.2 Å². The molecule has 0 aromatic rings. The Hall–Kier alpha value is -0.650. The summed E-state index contributed by atoms with van der Waals surface area (Å²) in [6, 6.07) is 0. The molecule has 1 N–H and O–H groups in total. The fraction of sp³-hybridized carbons (Fsp3) is 0.667. The van der Waals surface area contributed by atoms with Gasteiger partial charge in [-0.1, -0.05) is 19.1 Å². The summed E-state index contributed by atoms with van der Waals surface area (Å²) in [5, 5.41) is 2.69. The van der Waals surface area contributed by atoms with E-state index in [2.05, 4.69) is 18.5 Å². The van der Waals surface area contributed by atoms with Crippen LogP contribution in [0.3, 0.4) is 0 Å². The normalized spacial score (nSPS) is 13.6. The second kappa shape index (κ2) is 8.44. The zero-order valence-corrected chi connectivity index (χ0v) is 11.7. The van der Waals surface area contributed by atoms with Crippen molar-refractivity contribution in [2.24, 2.45) is 0 Å². The van der Waals surface area contributed by atoms with Crippen LogP contribution in [-0.4, -0.2) is 44.2 Å². The largest absolute Gasteiger partial charge is 0.315 e. The van der Waals surface area contributed by atoms with Gasteiger partial charge in [-0.25, -0.2) is 8.42 Å². The molecule has 0 aliphatic heterocycles. The van der Waals surface area contributed by atoms with Crippen LogP contribution in [-0.2, 0) is 10.0 Å². The molecule has 0 amide bonds. The first kappa shape index (κ1) is 16.4. The lowest BCUT2D eigenvalue weighted by Gasteiger charge is -2.23. The van der Waals surface area contributed by atoms with Crippen molar-refractivity contribution < 1.29 is 8.42 Å². The van der Waals surface area contributed by atoms with Gasteiger partial charge in [-0.15, -0.1) is 13.2 Å². The zero-order valence-electron chi connectivity index (χ0n) is 10.9. The highest BCUT2D eigenvalue weighted by molar-refractivity contribution is 7.89. The molecule has 0 heterocycles. The van der Waals surface area contributed by atoms with Crippen molar-refractivity contribution in [2.45, 2.75) is 25.5 Å². The minimum atomic E-state index is -3.28. The maximum absolute atomic E-state index is 12.2. The molecule has 1 unspecified atom stereocenters. The van der Waals surface area contributed by atoms with E-state index in [1.54, 1.807) is 19.1 Å². The molecule has 0 rings (SSSR count). The van der Waals surface area contributed by atoms with Gasteiger partial charge in [0.1, 0.15) is 0 Å². The smallest absolute Gasteiger partial charge is 0.218 e. The predicted molar refractivity (Wildman–Crippen MR) is 73.5 cm³/mol.